The van der Waals surface area contributed by atoms with Crippen LogP contribution in [0.3, 0.4) is 0 Å². The molecule has 6 heteroatoms. The van der Waals surface area contributed by atoms with Gasteiger partial charge in [-0.2, -0.15) is 18.2 Å². The zero-order valence-electron chi connectivity index (χ0n) is 9.59. The van der Waals surface area contributed by atoms with Crippen LogP contribution in [0.2, 0.25) is 0 Å². The van der Waals surface area contributed by atoms with Crippen molar-refractivity contribution in [3.8, 4) is 6.01 Å². The van der Waals surface area contributed by atoms with Gasteiger partial charge >= 0.3 is 12.2 Å². The van der Waals surface area contributed by atoms with E-state index in [-0.39, 0.29) is 6.01 Å². The quantitative estimate of drug-likeness (QED) is 0.906. The van der Waals surface area contributed by atoms with Gasteiger partial charge in [0.1, 0.15) is 0 Å². The molecule has 1 heterocycles. The first-order chi connectivity index (χ1) is 8.95. The molecule has 0 radical (unpaired) electrons. The molecule has 0 amide bonds. The second kappa shape index (κ2) is 5.09. The predicted molar refractivity (Wildman–Crippen MR) is 64.1 cm³/mol. The van der Waals surface area contributed by atoms with Crippen molar-refractivity contribution >= 4 is 12.2 Å². The minimum atomic E-state index is -4.33. The van der Waals surface area contributed by atoms with Gasteiger partial charge in [0.2, 0.25) is 0 Å². The molecule has 2 aromatic rings. The average Bonchev–Trinajstić information content (AvgIpc) is 2.36. The lowest BCUT2D eigenvalue weighted by atomic mass is 10.1. The third kappa shape index (κ3) is 3.54. The lowest BCUT2D eigenvalue weighted by molar-refractivity contribution is -0.137. The van der Waals surface area contributed by atoms with Crippen molar-refractivity contribution < 1.29 is 18.3 Å². The predicted octanol–water partition coefficient (Wildman–Crippen LogP) is 3.37. The summed E-state index contributed by atoms with van der Waals surface area (Å²) in [5.41, 5.74) is 0.378. The van der Waals surface area contributed by atoms with Gasteiger partial charge < -0.3 is 5.11 Å². The zero-order chi connectivity index (χ0) is 13.9. The van der Waals surface area contributed by atoms with Crippen LogP contribution in [0.5, 0.6) is 6.01 Å². The van der Waals surface area contributed by atoms with Crippen LogP contribution in [0.25, 0.3) is 12.2 Å². The summed E-state index contributed by atoms with van der Waals surface area (Å²) in [5.74, 6) is 0. The molecule has 0 saturated heterocycles. The molecule has 0 unspecified atom stereocenters. The maximum atomic E-state index is 12.4. The van der Waals surface area contributed by atoms with Gasteiger partial charge in [-0.3, -0.25) is 0 Å². The third-order valence-corrected chi connectivity index (χ3v) is 2.35. The molecule has 2 rings (SSSR count). The number of nitrogens with zero attached hydrogens (tertiary/aromatic N) is 2. The maximum absolute atomic E-state index is 12.4. The second-order valence-electron chi connectivity index (χ2n) is 3.73. The summed E-state index contributed by atoms with van der Waals surface area (Å²) >= 11 is 0. The van der Waals surface area contributed by atoms with Gasteiger partial charge in [-0.25, -0.2) is 4.98 Å². The Hall–Kier alpha value is -2.37. The molecular formula is C13H9F3N2O. The maximum Gasteiger partial charge on any atom is 0.416 e. The first-order valence-corrected chi connectivity index (χ1v) is 5.32. The minimum absolute atomic E-state index is 0.352. The van der Waals surface area contributed by atoms with Gasteiger partial charge in [-0.05, 0) is 29.8 Å². The van der Waals surface area contributed by atoms with Crippen LogP contribution >= 0.6 is 0 Å². The van der Waals surface area contributed by atoms with E-state index in [1.807, 2.05) is 0 Å². The first kappa shape index (κ1) is 13.1. The number of rotatable bonds is 2. The van der Waals surface area contributed by atoms with Crippen molar-refractivity contribution in [2.45, 2.75) is 6.18 Å². The van der Waals surface area contributed by atoms with E-state index in [0.29, 0.717) is 11.3 Å². The van der Waals surface area contributed by atoms with E-state index in [1.54, 1.807) is 18.2 Å². The third-order valence-electron chi connectivity index (χ3n) is 2.35. The van der Waals surface area contributed by atoms with E-state index in [9.17, 15) is 13.2 Å². The Morgan fingerprint density at radius 1 is 1.00 bits per heavy atom. The molecule has 3 nitrogen and oxygen atoms in total. The van der Waals surface area contributed by atoms with Gasteiger partial charge in [-0.15, -0.1) is 0 Å². The minimum Gasteiger partial charge on any atom is -0.479 e. The van der Waals surface area contributed by atoms with Crippen LogP contribution in [-0.2, 0) is 6.18 Å². The Labute approximate surface area is 107 Å². The van der Waals surface area contributed by atoms with Gasteiger partial charge in [-0.1, -0.05) is 18.2 Å². The van der Waals surface area contributed by atoms with Crippen LogP contribution in [-0.4, -0.2) is 15.1 Å². The lowest BCUT2D eigenvalue weighted by Gasteiger charge is -2.05. The molecule has 0 saturated carbocycles. The molecule has 0 aliphatic carbocycles. The number of hydrogen-bond acceptors (Lipinski definition) is 3. The van der Waals surface area contributed by atoms with Crippen LogP contribution in [0.1, 0.15) is 16.8 Å². The summed E-state index contributed by atoms with van der Waals surface area (Å²) in [6, 6.07) is 5.96. The number of halogens is 3. The Balaban J connectivity index is 2.16. The highest BCUT2D eigenvalue weighted by Gasteiger charge is 2.29. The molecule has 0 aliphatic heterocycles. The van der Waals surface area contributed by atoms with Gasteiger partial charge in [0, 0.05) is 6.20 Å². The Morgan fingerprint density at radius 2 is 1.68 bits per heavy atom. The van der Waals surface area contributed by atoms with E-state index in [4.69, 9.17) is 5.11 Å². The molecular weight excluding hydrogens is 257 g/mol. The first-order valence-electron chi connectivity index (χ1n) is 5.32. The fraction of sp³-hybridized carbons (Fsp3) is 0.0769. The molecule has 19 heavy (non-hydrogen) atoms. The molecule has 1 aromatic heterocycles. The highest BCUT2D eigenvalue weighted by atomic mass is 19.4. The van der Waals surface area contributed by atoms with E-state index in [2.05, 4.69) is 9.97 Å². The molecule has 0 fully saturated rings. The summed E-state index contributed by atoms with van der Waals surface area (Å²) in [5, 5.41) is 9.06. The van der Waals surface area contributed by atoms with E-state index in [0.717, 1.165) is 12.1 Å². The van der Waals surface area contributed by atoms with E-state index >= 15 is 0 Å². The summed E-state index contributed by atoms with van der Waals surface area (Å²) in [6.45, 7) is 0. The van der Waals surface area contributed by atoms with Crippen molar-refractivity contribution in [1.29, 1.82) is 0 Å². The molecule has 1 aromatic carbocycles. The summed E-state index contributed by atoms with van der Waals surface area (Å²) in [7, 11) is 0. The highest BCUT2D eigenvalue weighted by Crippen LogP contribution is 2.29. The van der Waals surface area contributed by atoms with Crippen LogP contribution < -0.4 is 0 Å². The zero-order valence-corrected chi connectivity index (χ0v) is 9.59. The smallest absolute Gasteiger partial charge is 0.416 e. The summed E-state index contributed by atoms with van der Waals surface area (Å²) in [6.07, 6.45) is 0.224. The van der Waals surface area contributed by atoms with E-state index < -0.39 is 11.7 Å². The SMILES string of the molecule is Oc1nccc(C=Cc2ccc(C(F)(F)F)cc2)n1. The van der Waals surface area contributed by atoms with Crippen molar-refractivity contribution in [3.05, 3.63) is 53.3 Å². The molecule has 98 valence electrons. The molecule has 0 bridgehead atoms. The van der Waals surface area contributed by atoms with Crippen molar-refractivity contribution in [2.24, 2.45) is 0 Å². The number of aromatic hydroxyl groups is 1. The van der Waals surface area contributed by atoms with Crippen molar-refractivity contribution in [1.82, 2.24) is 9.97 Å². The summed E-state index contributed by atoms with van der Waals surface area (Å²) < 4.78 is 37.1. The number of benzene rings is 1. The molecule has 0 atom stereocenters. The van der Waals surface area contributed by atoms with Crippen molar-refractivity contribution in [2.75, 3.05) is 0 Å². The average molecular weight is 266 g/mol. The summed E-state index contributed by atoms with van der Waals surface area (Å²) in [4.78, 5) is 7.24. The highest BCUT2D eigenvalue weighted by molar-refractivity contribution is 5.68. The van der Waals surface area contributed by atoms with Gasteiger partial charge in [0.25, 0.3) is 0 Å². The molecule has 1 N–H and O–H groups in total. The Morgan fingerprint density at radius 3 is 2.26 bits per heavy atom. The topological polar surface area (TPSA) is 46.0 Å². The largest absolute Gasteiger partial charge is 0.479 e. The van der Waals surface area contributed by atoms with E-state index in [1.165, 1.54) is 18.3 Å². The van der Waals surface area contributed by atoms with Crippen LogP contribution in [0, 0.1) is 0 Å². The normalized spacial score (nSPS) is 11.9. The fourth-order valence-electron chi connectivity index (χ4n) is 1.42. The Bertz CT molecular complexity index is 592. The number of alkyl halides is 3. The molecule has 0 aliphatic rings. The lowest BCUT2D eigenvalue weighted by Crippen LogP contribution is -2.03. The fourth-order valence-corrected chi connectivity index (χ4v) is 1.42. The number of aromatic nitrogens is 2. The Kier molecular flexibility index (Phi) is 3.50. The monoisotopic (exact) mass is 266 g/mol. The molecule has 0 spiro atoms. The van der Waals surface area contributed by atoms with Crippen LogP contribution in [0.4, 0.5) is 13.2 Å². The second-order valence-corrected chi connectivity index (χ2v) is 3.73. The number of hydrogen-bond donors (Lipinski definition) is 1. The standard InChI is InChI=1S/C13H9F3N2O/c14-13(15,16)10-4-1-9(2-5-10)3-6-11-7-8-17-12(19)18-11/h1-8H,(H,17,18,19). The van der Waals surface area contributed by atoms with Crippen molar-refractivity contribution in [3.63, 3.8) is 0 Å². The van der Waals surface area contributed by atoms with Gasteiger partial charge in [0.15, 0.2) is 0 Å². The van der Waals surface area contributed by atoms with Crippen LogP contribution in [0.15, 0.2) is 36.5 Å². The van der Waals surface area contributed by atoms with Gasteiger partial charge in [0.05, 0.1) is 11.3 Å².